The van der Waals surface area contributed by atoms with Crippen LogP contribution in [0.1, 0.15) is 102 Å². The molecule has 45 heavy (non-hydrogen) atoms. The molecule has 1 N–H and O–H groups in total. The van der Waals surface area contributed by atoms with E-state index in [1.165, 1.54) is 11.1 Å². The van der Waals surface area contributed by atoms with Crippen LogP contribution in [0.2, 0.25) is 0 Å². The fourth-order valence-corrected chi connectivity index (χ4v) is 7.25. The second kappa shape index (κ2) is 15.1. The fourth-order valence-electron chi connectivity index (χ4n) is 7.25. The number of benzene rings is 2. The third-order valence-electron chi connectivity index (χ3n) is 10.2. The van der Waals surface area contributed by atoms with Crippen molar-refractivity contribution in [2.24, 2.45) is 17.8 Å². The number of aromatic nitrogens is 2. The molecule has 3 aromatic rings. The maximum Gasteiger partial charge on any atom is 0.230 e. The van der Waals surface area contributed by atoms with Gasteiger partial charge in [-0.05, 0) is 125 Å². The van der Waals surface area contributed by atoms with Crippen molar-refractivity contribution in [1.82, 2.24) is 15.1 Å². The van der Waals surface area contributed by atoms with E-state index in [1.54, 1.807) is 7.11 Å². The first-order valence-corrected chi connectivity index (χ1v) is 17.1. The molecule has 2 aromatic carbocycles. The van der Waals surface area contributed by atoms with Gasteiger partial charge in [-0.2, -0.15) is 5.10 Å². The number of anilines is 1. The van der Waals surface area contributed by atoms with Gasteiger partial charge in [0.2, 0.25) is 11.8 Å². The molecule has 0 aliphatic heterocycles. The summed E-state index contributed by atoms with van der Waals surface area (Å²) in [7, 11) is 1.73. The van der Waals surface area contributed by atoms with E-state index >= 15 is 0 Å². The lowest BCUT2D eigenvalue weighted by atomic mass is 9.77. The van der Waals surface area contributed by atoms with Gasteiger partial charge in [0.1, 0.15) is 5.75 Å². The number of ether oxygens (including phenoxy) is 1. The van der Waals surface area contributed by atoms with E-state index in [-0.39, 0.29) is 17.7 Å². The third kappa shape index (κ3) is 8.16. The zero-order valence-corrected chi connectivity index (χ0v) is 27.9. The number of carbonyl (C=O) groups excluding carboxylic acids is 2. The first-order chi connectivity index (χ1) is 21.7. The van der Waals surface area contributed by atoms with Gasteiger partial charge in [0.15, 0.2) is 0 Å². The molecule has 2 fully saturated rings. The van der Waals surface area contributed by atoms with Gasteiger partial charge in [-0.15, -0.1) is 0 Å². The zero-order valence-electron chi connectivity index (χ0n) is 27.9. The van der Waals surface area contributed by atoms with Gasteiger partial charge < -0.3 is 15.0 Å². The van der Waals surface area contributed by atoms with Crippen LogP contribution >= 0.6 is 0 Å². The van der Waals surface area contributed by atoms with E-state index in [2.05, 4.69) is 84.7 Å². The topological polar surface area (TPSA) is 76.5 Å². The molecule has 2 aliphatic rings. The summed E-state index contributed by atoms with van der Waals surface area (Å²) in [5.74, 6) is 2.81. The Hall–Kier alpha value is -3.61. The minimum atomic E-state index is 0.0223. The number of rotatable bonds is 11. The van der Waals surface area contributed by atoms with Crippen LogP contribution in [0.15, 0.2) is 54.9 Å². The van der Waals surface area contributed by atoms with Gasteiger partial charge in [-0.25, -0.2) is 0 Å². The number of amides is 2. The monoisotopic (exact) mass is 612 g/mol. The van der Waals surface area contributed by atoms with Crippen LogP contribution in [-0.2, 0) is 9.59 Å². The highest BCUT2D eigenvalue weighted by atomic mass is 16.5. The summed E-state index contributed by atoms with van der Waals surface area (Å²) in [5.41, 5.74) is 5.74. The molecule has 2 saturated carbocycles. The molecule has 2 aliphatic carbocycles. The van der Waals surface area contributed by atoms with Crippen molar-refractivity contribution in [2.75, 3.05) is 25.1 Å². The van der Waals surface area contributed by atoms with Gasteiger partial charge in [0, 0.05) is 48.9 Å². The van der Waals surface area contributed by atoms with E-state index in [4.69, 9.17) is 4.74 Å². The molecule has 2 amide bonds. The van der Waals surface area contributed by atoms with Crippen molar-refractivity contribution >= 4 is 17.5 Å². The van der Waals surface area contributed by atoms with Crippen LogP contribution in [-0.4, -0.2) is 41.8 Å². The predicted octanol–water partition coefficient (Wildman–Crippen LogP) is 8.09. The summed E-state index contributed by atoms with van der Waals surface area (Å²) in [4.78, 5) is 28.2. The number of hydrogen-bond donors (Lipinski definition) is 1. The lowest BCUT2D eigenvalue weighted by Gasteiger charge is -2.36. The van der Waals surface area contributed by atoms with Crippen LogP contribution in [0.4, 0.5) is 5.69 Å². The largest absolute Gasteiger partial charge is 0.496 e. The van der Waals surface area contributed by atoms with Crippen LogP contribution in [0.25, 0.3) is 11.1 Å². The van der Waals surface area contributed by atoms with E-state index in [1.807, 2.05) is 17.8 Å². The Morgan fingerprint density at radius 2 is 1.71 bits per heavy atom. The van der Waals surface area contributed by atoms with Gasteiger partial charge in [-0.1, -0.05) is 31.2 Å². The van der Waals surface area contributed by atoms with Crippen molar-refractivity contribution in [3.8, 4) is 16.9 Å². The molecule has 0 bridgehead atoms. The van der Waals surface area contributed by atoms with E-state index in [0.717, 1.165) is 87.0 Å². The molecule has 1 aromatic heterocycles. The van der Waals surface area contributed by atoms with E-state index < -0.39 is 0 Å². The number of nitrogens with one attached hydrogen (secondary N) is 1. The Morgan fingerprint density at radius 1 is 0.978 bits per heavy atom. The number of aryl methyl sites for hydroxylation is 1. The molecule has 0 saturated heterocycles. The zero-order chi connectivity index (χ0) is 31.9. The second-order valence-corrected chi connectivity index (χ2v) is 13.6. The fraction of sp³-hybridized carbons (Fsp3) is 0.553. The number of carbonyl (C=O) groups is 2. The van der Waals surface area contributed by atoms with Crippen molar-refractivity contribution in [1.29, 1.82) is 0 Å². The summed E-state index contributed by atoms with van der Waals surface area (Å²) >= 11 is 0. The average molecular weight is 613 g/mol. The lowest BCUT2D eigenvalue weighted by Crippen LogP contribution is -2.42. The smallest absolute Gasteiger partial charge is 0.230 e. The summed E-state index contributed by atoms with van der Waals surface area (Å²) in [6, 6.07) is 15.4. The SMILES string of the molecule is CCC(=O)NC[C@H]1CC[C@H](C(=O)N(C[C@H]2CC[C@H](c3ccc(OC)c(C)c3)CC2)c2cccc(-c3cnn(C(C)C)c3)c2)CC1. The molecule has 7 nitrogen and oxygen atoms in total. The minimum absolute atomic E-state index is 0.0223. The Labute approximate surface area is 269 Å². The minimum Gasteiger partial charge on any atom is -0.496 e. The number of methoxy groups -OCH3 is 1. The molecule has 0 spiro atoms. The Balaban J connectivity index is 1.30. The summed E-state index contributed by atoms with van der Waals surface area (Å²) in [6.45, 7) is 9.75. The predicted molar refractivity (Wildman–Crippen MR) is 182 cm³/mol. The van der Waals surface area contributed by atoms with Crippen molar-refractivity contribution < 1.29 is 14.3 Å². The first-order valence-electron chi connectivity index (χ1n) is 17.1. The molecule has 5 rings (SSSR count). The molecule has 0 atom stereocenters. The van der Waals surface area contributed by atoms with Crippen LogP contribution in [0.5, 0.6) is 5.75 Å². The number of hydrogen-bond acceptors (Lipinski definition) is 4. The van der Waals surface area contributed by atoms with Crippen LogP contribution < -0.4 is 15.0 Å². The van der Waals surface area contributed by atoms with Gasteiger partial charge in [0.05, 0.1) is 13.3 Å². The van der Waals surface area contributed by atoms with Crippen molar-refractivity contribution in [2.45, 2.75) is 97.4 Å². The maximum absolute atomic E-state index is 14.3. The second-order valence-electron chi connectivity index (χ2n) is 13.6. The Kier molecular flexibility index (Phi) is 11.0. The third-order valence-corrected chi connectivity index (χ3v) is 10.2. The van der Waals surface area contributed by atoms with E-state index in [9.17, 15) is 9.59 Å². The molecule has 0 radical (unpaired) electrons. The highest BCUT2D eigenvalue weighted by Gasteiger charge is 2.33. The summed E-state index contributed by atoms with van der Waals surface area (Å²) in [5, 5.41) is 7.61. The molecule has 7 heteroatoms. The Bertz CT molecular complexity index is 1430. The van der Waals surface area contributed by atoms with Gasteiger partial charge >= 0.3 is 0 Å². The van der Waals surface area contributed by atoms with E-state index in [0.29, 0.717) is 30.2 Å². The molecular formula is C38H52N4O3. The lowest BCUT2D eigenvalue weighted by molar-refractivity contribution is -0.124. The summed E-state index contributed by atoms with van der Waals surface area (Å²) in [6.07, 6.45) is 12.8. The molecule has 1 heterocycles. The molecule has 242 valence electrons. The normalized spacial score (nSPS) is 21.8. The quantitative estimate of drug-likeness (QED) is 0.237. The summed E-state index contributed by atoms with van der Waals surface area (Å²) < 4.78 is 7.47. The van der Waals surface area contributed by atoms with Gasteiger partial charge in [0.25, 0.3) is 0 Å². The van der Waals surface area contributed by atoms with Gasteiger partial charge in [-0.3, -0.25) is 14.3 Å². The first kappa shape index (κ1) is 32.8. The van der Waals surface area contributed by atoms with Crippen LogP contribution in [0.3, 0.4) is 0 Å². The molecular weight excluding hydrogens is 560 g/mol. The standard InChI is InChI=1S/C38H52N4O3/c1-6-37(43)39-22-28-10-16-31(17-11-28)38(44)41(35-9-7-8-32(21-35)34-23-40-42(25-34)26(2)3)24-29-12-14-30(15-13-29)33-18-19-36(45-5)27(4)20-33/h7-9,18-21,23,25-26,28-31H,6,10-17,22,24H2,1-5H3,(H,39,43)/t28-,29-,30-,31-. The van der Waals surface area contributed by atoms with Crippen LogP contribution in [0, 0.1) is 24.7 Å². The Morgan fingerprint density at radius 3 is 2.36 bits per heavy atom. The number of nitrogens with zero attached hydrogens (tertiary/aromatic N) is 3. The van der Waals surface area contributed by atoms with Crippen molar-refractivity contribution in [3.05, 3.63) is 66.0 Å². The highest BCUT2D eigenvalue weighted by molar-refractivity contribution is 5.95. The molecule has 0 unspecified atom stereocenters. The van der Waals surface area contributed by atoms with Crippen molar-refractivity contribution in [3.63, 3.8) is 0 Å². The maximum atomic E-state index is 14.3. The average Bonchev–Trinajstić information content (AvgIpc) is 3.57. The highest BCUT2D eigenvalue weighted by Crippen LogP contribution is 2.39.